The molecule has 1 aliphatic heterocycles. The standard InChI is InChI=1S/C17H17NO5S/c1-9(2)18(3)17(21)23-12-8-24-16-14(20)13(19)10-6-4-5-7-11(10)15(16)22-12/h4-7,9,12H,8H2,1-3H3. The smallest absolute Gasteiger partial charge is 0.412 e. The van der Waals surface area contributed by atoms with Crippen molar-refractivity contribution in [2.45, 2.75) is 26.2 Å². The number of nitrogens with zero attached hydrogens (tertiary/aromatic N) is 1. The largest absolute Gasteiger partial charge is 0.452 e. The van der Waals surface area contributed by atoms with Gasteiger partial charge in [0.2, 0.25) is 11.6 Å². The van der Waals surface area contributed by atoms with Gasteiger partial charge in [-0.3, -0.25) is 9.59 Å². The fourth-order valence-electron chi connectivity index (χ4n) is 2.36. The number of fused-ring (bicyclic) bond motifs is 2. The second-order valence-corrected chi connectivity index (χ2v) is 6.84. The number of carbonyl (C=O) groups is 3. The van der Waals surface area contributed by atoms with Gasteiger partial charge in [0.15, 0.2) is 0 Å². The van der Waals surface area contributed by atoms with Crippen LogP contribution in [0.4, 0.5) is 4.79 Å². The fourth-order valence-corrected chi connectivity index (χ4v) is 3.31. The van der Waals surface area contributed by atoms with Gasteiger partial charge in [0.1, 0.15) is 10.7 Å². The molecule has 7 heteroatoms. The van der Waals surface area contributed by atoms with Crippen molar-refractivity contribution in [1.29, 1.82) is 0 Å². The second kappa shape index (κ2) is 6.32. The van der Waals surface area contributed by atoms with E-state index in [1.54, 1.807) is 31.3 Å². The van der Waals surface area contributed by atoms with Crippen molar-refractivity contribution in [2.75, 3.05) is 12.8 Å². The Hall–Kier alpha value is -2.28. The van der Waals surface area contributed by atoms with Gasteiger partial charge in [-0.1, -0.05) is 24.3 Å². The first-order valence-corrected chi connectivity index (χ1v) is 8.54. The lowest BCUT2D eigenvalue weighted by Gasteiger charge is -2.31. The Morgan fingerprint density at radius 2 is 1.92 bits per heavy atom. The van der Waals surface area contributed by atoms with Crippen molar-refractivity contribution in [1.82, 2.24) is 4.90 Å². The van der Waals surface area contributed by atoms with Gasteiger partial charge in [0.05, 0.1) is 5.75 Å². The zero-order chi connectivity index (χ0) is 17.4. The first-order valence-electron chi connectivity index (χ1n) is 7.55. The van der Waals surface area contributed by atoms with E-state index in [1.165, 1.54) is 16.7 Å². The number of hydrogen-bond acceptors (Lipinski definition) is 6. The van der Waals surface area contributed by atoms with Gasteiger partial charge in [-0.15, -0.1) is 11.8 Å². The Kier molecular flexibility index (Phi) is 4.36. The molecule has 0 aromatic heterocycles. The maximum Gasteiger partial charge on any atom is 0.412 e. The van der Waals surface area contributed by atoms with E-state index in [-0.39, 0.29) is 16.7 Å². The molecule has 24 heavy (non-hydrogen) atoms. The molecule has 0 saturated heterocycles. The first-order chi connectivity index (χ1) is 11.4. The van der Waals surface area contributed by atoms with Crippen molar-refractivity contribution in [3.8, 4) is 0 Å². The van der Waals surface area contributed by atoms with Crippen molar-refractivity contribution < 1.29 is 23.9 Å². The molecule has 0 fully saturated rings. The number of ketones is 2. The van der Waals surface area contributed by atoms with Crippen LogP contribution in [0.5, 0.6) is 0 Å². The van der Waals surface area contributed by atoms with Gasteiger partial charge in [0, 0.05) is 24.2 Å². The molecular weight excluding hydrogens is 330 g/mol. The molecule has 0 bridgehead atoms. The lowest BCUT2D eigenvalue weighted by molar-refractivity contribution is -0.111. The zero-order valence-electron chi connectivity index (χ0n) is 13.6. The highest BCUT2D eigenvalue weighted by molar-refractivity contribution is 8.04. The topological polar surface area (TPSA) is 72.9 Å². The fraction of sp³-hybridized carbons (Fsp3) is 0.353. The van der Waals surface area contributed by atoms with Crippen molar-refractivity contribution >= 4 is 35.2 Å². The minimum Gasteiger partial charge on any atom is -0.452 e. The lowest BCUT2D eigenvalue weighted by Crippen LogP contribution is -2.39. The van der Waals surface area contributed by atoms with Crippen LogP contribution in [0.1, 0.15) is 29.8 Å². The Labute approximate surface area is 143 Å². The zero-order valence-corrected chi connectivity index (χ0v) is 14.4. The van der Waals surface area contributed by atoms with Crippen LogP contribution in [0.25, 0.3) is 5.76 Å². The summed E-state index contributed by atoms with van der Waals surface area (Å²) in [6.45, 7) is 3.75. The Bertz CT molecular complexity index is 755. The minimum atomic E-state index is -0.809. The molecule has 1 heterocycles. The van der Waals surface area contributed by atoms with E-state index in [0.717, 1.165) is 0 Å². The van der Waals surface area contributed by atoms with E-state index >= 15 is 0 Å². The third kappa shape index (κ3) is 2.80. The van der Waals surface area contributed by atoms with Crippen LogP contribution >= 0.6 is 11.8 Å². The molecule has 1 atom stereocenters. The number of Topliss-reactive ketones (excluding diaryl/α,β-unsaturated/α-hetero) is 2. The van der Waals surface area contributed by atoms with Crippen molar-refractivity contribution in [2.24, 2.45) is 0 Å². The van der Waals surface area contributed by atoms with Gasteiger partial charge in [0.25, 0.3) is 6.29 Å². The molecule has 1 aliphatic carbocycles. The van der Waals surface area contributed by atoms with E-state index in [4.69, 9.17) is 9.47 Å². The molecule has 6 nitrogen and oxygen atoms in total. The van der Waals surface area contributed by atoms with Crippen LogP contribution in [0.15, 0.2) is 29.2 Å². The van der Waals surface area contributed by atoms with Crippen molar-refractivity contribution in [3.63, 3.8) is 0 Å². The summed E-state index contributed by atoms with van der Waals surface area (Å²) in [5, 5.41) is 0. The number of allylic oxidation sites excluding steroid dienone is 1. The van der Waals surface area contributed by atoms with Crippen LogP contribution in [-0.4, -0.2) is 47.7 Å². The summed E-state index contributed by atoms with van der Waals surface area (Å²) in [6.07, 6.45) is -1.30. The molecule has 0 spiro atoms. The molecule has 1 aromatic rings. The molecule has 0 saturated carbocycles. The monoisotopic (exact) mass is 347 g/mol. The number of benzene rings is 1. The van der Waals surface area contributed by atoms with E-state index in [1.807, 2.05) is 13.8 Å². The summed E-state index contributed by atoms with van der Waals surface area (Å²) in [5.41, 5.74) is 0.871. The molecule has 1 aromatic carbocycles. The van der Waals surface area contributed by atoms with Crippen LogP contribution in [0.2, 0.25) is 0 Å². The number of hydrogen-bond donors (Lipinski definition) is 0. The molecule has 0 radical (unpaired) electrons. The highest BCUT2D eigenvalue weighted by Gasteiger charge is 2.39. The SMILES string of the molecule is CC(C)N(C)C(=O)OC1CSC2=C(O1)c1ccccc1C(=O)C2=O. The first kappa shape index (κ1) is 16.6. The highest BCUT2D eigenvalue weighted by atomic mass is 32.2. The predicted octanol–water partition coefficient (Wildman–Crippen LogP) is 2.69. The quantitative estimate of drug-likeness (QED) is 0.766. The van der Waals surface area contributed by atoms with Gasteiger partial charge in [-0.2, -0.15) is 0 Å². The minimum absolute atomic E-state index is 0.00174. The van der Waals surface area contributed by atoms with Crippen LogP contribution in [0.3, 0.4) is 0 Å². The average Bonchev–Trinajstić information content (AvgIpc) is 2.58. The molecular formula is C17H17NO5S. The Balaban J connectivity index is 1.85. The van der Waals surface area contributed by atoms with Gasteiger partial charge in [-0.25, -0.2) is 4.79 Å². The normalized spacial score (nSPS) is 19.6. The van der Waals surface area contributed by atoms with Crippen LogP contribution in [0, 0.1) is 0 Å². The number of amides is 1. The van der Waals surface area contributed by atoms with Gasteiger partial charge < -0.3 is 14.4 Å². The summed E-state index contributed by atoms with van der Waals surface area (Å²) in [5.74, 6) is -0.526. The summed E-state index contributed by atoms with van der Waals surface area (Å²) >= 11 is 1.18. The third-order valence-corrected chi connectivity index (χ3v) is 5.04. The molecule has 2 aliphatic rings. The van der Waals surface area contributed by atoms with E-state index in [9.17, 15) is 14.4 Å². The van der Waals surface area contributed by atoms with Crippen LogP contribution < -0.4 is 0 Å². The lowest BCUT2D eigenvalue weighted by atomic mass is 9.93. The van der Waals surface area contributed by atoms with E-state index in [2.05, 4.69) is 0 Å². The second-order valence-electron chi connectivity index (χ2n) is 5.81. The molecule has 1 unspecified atom stereocenters. The van der Waals surface area contributed by atoms with Crippen LogP contribution in [-0.2, 0) is 14.3 Å². The molecule has 1 amide bonds. The Morgan fingerprint density at radius 1 is 1.25 bits per heavy atom. The molecule has 3 rings (SSSR count). The van der Waals surface area contributed by atoms with Gasteiger partial charge in [-0.05, 0) is 13.8 Å². The van der Waals surface area contributed by atoms with Crippen molar-refractivity contribution in [3.05, 3.63) is 40.3 Å². The van der Waals surface area contributed by atoms with E-state index < -0.39 is 23.9 Å². The summed E-state index contributed by atoms with van der Waals surface area (Å²) < 4.78 is 11.1. The average molecular weight is 347 g/mol. The number of ether oxygens (including phenoxy) is 2. The summed E-state index contributed by atoms with van der Waals surface area (Å²) in [7, 11) is 1.64. The Morgan fingerprint density at radius 3 is 2.58 bits per heavy atom. The maximum absolute atomic E-state index is 12.2. The molecule has 126 valence electrons. The number of thioether (sulfide) groups is 1. The third-order valence-electron chi connectivity index (χ3n) is 3.94. The van der Waals surface area contributed by atoms with Gasteiger partial charge >= 0.3 is 6.09 Å². The number of rotatable bonds is 2. The highest BCUT2D eigenvalue weighted by Crippen LogP contribution is 2.40. The maximum atomic E-state index is 12.2. The molecule has 0 N–H and O–H groups in total. The van der Waals surface area contributed by atoms with E-state index in [0.29, 0.717) is 16.9 Å². The summed E-state index contributed by atoms with van der Waals surface area (Å²) in [4.78, 5) is 38.2. The predicted molar refractivity (Wildman–Crippen MR) is 89.4 cm³/mol. The number of carbonyl (C=O) groups excluding carboxylic acids is 3. The summed E-state index contributed by atoms with van der Waals surface area (Å²) in [6, 6.07) is 6.77.